The first-order valence-electron chi connectivity index (χ1n) is 8.04. The Hall–Kier alpha value is -0.570. The molecule has 112 valence electrons. The van der Waals surface area contributed by atoms with Crippen LogP contribution < -0.4 is 11.1 Å². The van der Waals surface area contributed by atoms with E-state index in [1.54, 1.807) is 0 Å². The van der Waals surface area contributed by atoms with Crippen molar-refractivity contribution in [2.45, 2.75) is 71.8 Å². The SMILES string of the molecule is CC1CCC(C(C)C)C(NC(=O)CCCCCN)C1. The van der Waals surface area contributed by atoms with Gasteiger partial charge in [0.2, 0.25) is 5.91 Å². The van der Waals surface area contributed by atoms with Crippen molar-refractivity contribution in [2.24, 2.45) is 23.5 Å². The summed E-state index contributed by atoms with van der Waals surface area (Å²) in [7, 11) is 0. The van der Waals surface area contributed by atoms with Gasteiger partial charge >= 0.3 is 0 Å². The van der Waals surface area contributed by atoms with E-state index in [2.05, 4.69) is 26.1 Å². The van der Waals surface area contributed by atoms with E-state index in [0.29, 0.717) is 24.3 Å². The smallest absolute Gasteiger partial charge is 0.220 e. The van der Waals surface area contributed by atoms with E-state index in [9.17, 15) is 4.79 Å². The van der Waals surface area contributed by atoms with Crippen LogP contribution in [0, 0.1) is 17.8 Å². The van der Waals surface area contributed by atoms with Crippen LogP contribution in [0.1, 0.15) is 65.7 Å². The molecule has 19 heavy (non-hydrogen) atoms. The van der Waals surface area contributed by atoms with Crippen molar-refractivity contribution in [2.75, 3.05) is 6.54 Å². The molecule has 0 radical (unpaired) electrons. The van der Waals surface area contributed by atoms with Gasteiger partial charge in [-0.1, -0.05) is 33.6 Å². The standard InChI is InChI=1S/C16H32N2O/c1-12(2)14-9-8-13(3)11-15(14)18-16(19)7-5-4-6-10-17/h12-15H,4-11,17H2,1-3H3,(H,18,19). The third-order valence-corrected chi connectivity index (χ3v) is 4.48. The van der Waals surface area contributed by atoms with Crippen LogP contribution in [0.2, 0.25) is 0 Å². The summed E-state index contributed by atoms with van der Waals surface area (Å²) in [6.07, 6.45) is 7.45. The first kappa shape index (κ1) is 16.5. The summed E-state index contributed by atoms with van der Waals surface area (Å²) < 4.78 is 0. The van der Waals surface area contributed by atoms with Gasteiger partial charge in [-0.25, -0.2) is 0 Å². The molecule has 1 saturated carbocycles. The second kappa shape index (κ2) is 8.57. The van der Waals surface area contributed by atoms with Gasteiger partial charge in [0.05, 0.1) is 0 Å². The van der Waals surface area contributed by atoms with Gasteiger partial charge in [0.15, 0.2) is 0 Å². The van der Waals surface area contributed by atoms with Crippen LogP contribution >= 0.6 is 0 Å². The third-order valence-electron chi connectivity index (χ3n) is 4.48. The number of amides is 1. The lowest BCUT2D eigenvalue weighted by Gasteiger charge is -2.37. The molecule has 0 heterocycles. The first-order valence-corrected chi connectivity index (χ1v) is 8.04. The molecule has 0 aromatic heterocycles. The molecule has 3 unspecified atom stereocenters. The Balaban J connectivity index is 2.36. The highest BCUT2D eigenvalue weighted by atomic mass is 16.1. The maximum atomic E-state index is 12.0. The zero-order chi connectivity index (χ0) is 14.3. The van der Waals surface area contributed by atoms with Gasteiger partial charge in [-0.2, -0.15) is 0 Å². The fourth-order valence-electron chi connectivity index (χ4n) is 3.25. The van der Waals surface area contributed by atoms with Gasteiger partial charge in [-0.3, -0.25) is 4.79 Å². The number of carbonyl (C=O) groups excluding carboxylic acids is 1. The Kier molecular flexibility index (Phi) is 7.44. The highest BCUT2D eigenvalue weighted by Gasteiger charge is 2.31. The molecular formula is C16H32N2O. The predicted octanol–water partition coefficient (Wildman–Crippen LogP) is 3.08. The molecule has 0 aromatic carbocycles. The number of unbranched alkanes of at least 4 members (excludes halogenated alkanes) is 2. The average molecular weight is 268 g/mol. The van der Waals surface area contributed by atoms with Crippen LogP contribution in [0.4, 0.5) is 0 Å². The lowest BCUT2D eigenvalue weighted by molar-refractivity contribution is -0.122. The third kappa shape index (κ3) is 5.94. The lowest BCUT2D eigenvalue weighted by Crippen LogP contribution is -2.45. The molecular weight excluding hydrogens is 236 g/mol. The van der Waals surface area contributed by atoms with Crippen LogP contribution in [-0.4, -0.2) is 18.5 Å². The minimum Gasteiger partial charge on any atom is -0.353 e. The summed E-state index contributed by atoms with van der Waals surface area (Å²) in [5.74, 6) is 2.30. The minimum atomic E-state index is 0.238. The number of carbonyl (C=O) groups is 1. The van der Waals surface area contributed by atoms with E-state index in [0.717, 1.165) is 38.1 Å². The van der Waals surface area contributed by atoms with Crippen molar-refractivity contribution in [3.8, 4) is 0 Å². The lowest BCUT2D eigenvalue weighted by atomic mass is 9.74. The summed E-state index contributed by atoms with van der Waals surface area (Å²) in [5.41, 5.74) is 5.46. The van der Waals surface area contributed by atoms with Gasteiger partial charge in [0.1, 0.15) is 0 Å². The fraction of sp³-hybridized carbons (Fsp3) is 0.938. The van der Waals surface area contributed by atoms with Crippen LogP contribution in [0.3, 0.4) is 0 Å². The van der Waals surface area contributed by atoms with Gasteiger partial charge in [-0.15, -0.1) is 0 Å². The Morgan fingerprint density at radius 2 is 2.00 bits per heavy atom. The molecule has 1 amide bonds. The molecule has 1 aliphatic carbocycles. The molecule has 1 rings (SSSR count). The highest BCUT2D eigenvalue weighted by Crippen LogP contribution is 2.33. The van der Waals surface area contributed by atoms with E-state index >= 15 is 0 Å². The van der Waals surface area contributed by atoms with Crippen molar-refractivity contribution in [1.29, 1.82) is 0 Å². The van der Waals surface area contributed by atoms with Gasteiger partial charge < -0.3 is 11.1 Å². The molecule has 0 spiro atoms. The van der Waals surface area contributed by atoms with Crippen LogP contribution in [0.15, 0.2) is 0 Å². The molecule has 3 nitrogen and oxygen atoms in total. The molecule has 0 bridgehead atoms. The summed E-state index contributed by atoms with van der Waals surface area (Å²) in [6.45, 7) is 7.59. The average Bonchev–Trinajstić information content (AvgIpc) is 2.34. The topological polar surface area (TPSA) is 55.1 Å². The number of rotatable bonds is 7. The second-order valence-electron chi connectivity index (χ2n) is 6.60. The van der Waals surface area contributed by atoms with Crippen molar-refractivity contribution in [1.82, 2.24) is 5.32 Å². The number of hydrogen-bond donors (Lipinski definition) is 2. The van der Waals surface area contributed by atoms with E-state index in [1.165, 1.54) is 12.8 Å². The molecule has 0 saturated heterocycles. The van der Waals surface area contributed by atoms with Crippen LogP contribution in [-0.2, 0) is 4.79 Å². The number of hydrogen-bond acceptors (Lipinski definition) is 2. The van der Waals surface area contributed by atoms with Crippen molar-refractivity contribution in [3.05, 3.63) is 0 Å². The molecule has 3 atom stereocenters. The van der Waals surface area contributed by atoms with Gasteiger partial charge in [-0.05, 0) is 50.0 Å². The van der Waals surface area contributed by atoms with Crippen molar-refractivity contribution in [3.63, 3.8) is 0 Å². The molecule has 3 heteroatoms. The maximum Gasteiger partial charge on any atom is 0.220 e. The molecule has 3 N–H and O–H groups in total. The number of nitrogens with one attached hydrogen (secondary N) is 1. The van der Waals surface area contributed by atoms with Gasteiger partial charge in [0, 0.05) is 12.5 Å². The summed E-state index contributed by atoms with van der Waals surface area (Å²) in [5, 5.41) is 3.29. The van der Waals surface area contributed by atoms with E-state index < -0.39 is 0 Å². The monoisotopic (exact) mass is 268 g/mol. The summed E-state index contributed by atoms with van der Waals surface area (Å²) >= 11 is 0. The van der Waals surface area contributed by atoms with E-state index in [4.69, 9.17) is 5.73 Å². The predicted molar refractivity (Wildman–Crippen MR) is 80.8 cm³/mol. The maximum absolute atomic E-state index is 12.0. The van der Waals surface area contributed by atoms with Crippen molar-refractivity contribution < 1.29 is 4.79 Å². The summed E-state index contributed by atoms with van der Waals surface area (Å²) in [6, 6.07) is 0.394. The molecule has 0 aliphatic heterocycles. The van der Waals surface area contributed by atoms with Crippen LogP contribution in [0.5, 0.6) is 0 Å². The van der Waals surface area contributed by atoms with Crippen LogP contribution in [0.25, 0.3) is 0 Å². The zero-order valence-electron chi connectivity index (χ0n) is 13.0. The Morgan fingerprint density at radius 1 is 1.26 bits per heavy atom. The Morgan fingerprint density at radius 3 is 2.63 bits per heavy atom. The quantitative estimate of drug-likeness (QED) is 0.697. The number of nitrogens with two attached hydrogens (primary N) is 1. The normalized spacial score (nSPS) is 27.5. The van der Waals surface area contributed by atoms with Crippen molar-refractivity contribution >= 4 is 5.91 Å². The molecule has 1 fully saturated rings. The zero-order valence-corrected chi connectivity index (χ0v) is 13.0. The van der Waals surface area contributed by atoms with E-state index in [-0.39, 0.29) is 5.91 Å². The minimum absolute atomic E-state index is 0.238. The largest absolute Gasteiger partial charge is 0.353 e. The summed E-state index contributed by atoms with van der Waals surface area (Å²) in [4.78, 5) is 12.0. The Labute approximate surface area is 118 Å². The molecule has 0 aromatic rings. The van der Waals surface area contributed by atoms with Gasteiger partial charge in [0.25, 0.3) is 0 Å². The van der Waals surface area contributed by atoms with E-state index in [1.807, 2.05) is 0 Å². The molecule has 1 aliphatic rings. The highest BCUT2D eigenvalue weighted by molar-refractivity contribution is 5.76. The first-order chi connectivity index (χ1) is 9.04. The second-order valence-corrected chi connectivity index (χ2v) is 6.60. The fourth-order valence-corrected chi connectivity index (χ4v) is 3.25. The Bertz CT molecular complexity index is 265.